The summed E-state index contributed by atoms with van der Waals surface area (Å²) in [7, 11) is -3.50. The second-order valence-corrected chi connectivity index (χ2v) is 6.65. The maximum absolute atomic E-state index is 11.8. The SMILES string of the molecule is CCC([C@H](/C=C/C(=O)O)NS(C)(=O)=O)[C@@H]1CCNC1=O. The Morgan fingerprint density at radius 1 is 1.60 bits per heavy atom. The Hall–Kier alpha value is -1.41. The molecule has 0 spiro atoms. The summed E-state index contributed by atoms with van der Waals surface area (Å²) in [4.78, 5) is 22.4. The van der Waals surface area contributed by atoms with Gasteiger partial charge in [0.05, 0.1) is 6.26 Å². The Kier molecular flexibility index (Phi) is 5.70. The molecule has 8 heteroatoms. The Morgan fingerprint density at radius 2 is 2.25 bits per heavy atom. The van der Waals surface area contributed by atoms with E-state index < -0.39 is 22.0 Å². The lowest BCUT2D eigenvalue weighted by Crippen LogP contribution is -2.43. The molecule has 0 radical (unpaired) electrons. The molecule has 1 unspecified atom stereocenters. The van der Waals surface area contributed by atoms with Crippen LogP contribution in [0.2, 0.25) is 0 Å². The molecule has 1 aliphatic heterocycles. The summed E-state index contributed by atoms with van der Waals surface area (Å²) in [5.41, 5.74) is 0. The lowest BCUT2D eigenvalue weighted by molar-refractivity contribution is -0.131. The zero-order valence-electron chi connectivity index (χ0n) is 11.5. The number of nitrogens with one attached hydrogen (secondary N) is 2. The molecule has 0 aromatic rings. The maximum Gasteiger partial charge on any atom is 0.328 e. The minimum absolute atomic E-state index is 0.110. The first-order valence-corrected chi connectivity index (χ1v) is 8.30. The first-order chi connectivity index (χ1) is 9.24. The van der Waals surface area contributed by atoms with Crippen LogP contribution in [0, 0.1) is 11.8 Å². The summed E-state index contributed by atoms with van der Waals surface area (Å²) >= 11 is 0. The molecule has 0 bridgehead atoms. The molecule has 3 atom stereocenters. The molecule has 0 aromatic heterocycles. The Labute approximate surface area is 118 Å². The van der Waals surface area contributed by atoms with Gasteiger partial charge in [-0.2, -0.15) is 0 Å². The predicted octanol–water partition coefficient (Wildman–Crippen LogP) is -0.293. The fraction of sp³-hybridized carbons (Fsp3) is 0.667. The number of rotatable bonds is 7. The van der Waals surface area contributed by atoms with E-state index in [2.05, 4.69) is 10.0 Å². The normalized spacial score (nSPS) is 22.7. The molecule has 7 nitrogen and oxygen atoms in total. The van der Waals surface area contributed by atoms with Crippen LogP contribution in [0.5, 0.6) is 0 Å². The van der Waals surface area contributed by atoms with Crippen molar-refractivity contribution in [2.75, 3.05) is 12.8 Å². The van der Waals surface area contributed by atoms with E-state index in [1.807, 2.05) is 6.92 Å². The zero-order chi connectivity index (χ0) is 15.3. The van der Waals surface area contributed by atoms with Gasteiger partial charge in [0, 0.05) is 24.6 Å². The van der Waals surface area contributed by atoms with E-state index in [1.54, 1.807) is 0 Å². The topological polar surface area (TPSA) is 113 Å². The highest BCUT2D eigenvalue weighted by Gasteiger charge is 2.36. The van der Waals surface area contributed by atoms with Crippen molar-refractivity contribution in [3.63, 3.8) is 0 Å². The van der Waals surface area contributed by atoms with Crippen molar-refractivity contribution in [1.82, 2.24) is 10.0 Å². The van der Waals surface area contributed by atoms with E-state index >= 15 is 0 Å². The molecule has 1 rings (SSSR count). The van der Waals surface area contributed by atoms with Crippen molar-refractivity contribution in [2.45, 2.75) is 25.8 Å². The maximum atomic E-state index is 11.8. The lowest BCUT2D eigenvalue weighted by Gasteiger charge is -2.27. The third-order valence-electron chi connectivity index (χ3n) is 3.34. The molecule has 0 saturated carbocycles. The standard InChI is InChI=1S/C12H20N2O5S/c1-3-8(9-6-7-13-12(9)17)10(4-5-11(15)16)14-20(2,18)19/h4-5,8-10,14H,3,6-7H2,1-2H3,(H,13,17)(H,15,16)/b5-4+/t8?,9-,10-/m0/s1. The molecule has 3 N–H and O–H groups in total. The van der Waals surface area contributed by atoms with Crippen LogP contribution in [-0.4, -0.2) is 44.2 Å². The van der Waals surface area contributed by atoms with Crippen molar-refractivity contribution >= 4 is 21.9 Å². The van der Waals surface area contributed by atoms with Crippen LogP contribution < -0.4 is 10.0 Å². The van der Waals surface area contributed by atoms with Gasteiger partial charge in [0.2, 0.25) is 15.9 Å². The molecule has 20 heavy (non-hydrogen) atoms. The summed E-state index contributed by atoms with van der Waals surface area (Å²) < 4.78 is 25.2. The number of carboxylic acid groups (broad SMARTS) is 1. The predicted molar refractivity (Wildman–Crippen MR) is 73.4 cm³/mol. The van der Waals surface area contributed by atoms with E-state index in [4.69, 9.17) is 5.11 Å². The van der Waals surface area contributed by atoms with Crippen LogP contribution in [0.4, 0.5) is 0 Å². The molecular weight excluding hydrogens is 284 g/mol. The van der Waals surface area contributed by atoms with E-state index in [-0.39, 0.29) is 17.7 Å². The number of carbonyl (C=O) groups is 2. The molecule has 1 amide bonds. The van der Waals surface area contributed by atoms with Gasteiger partial charge in [-0.05, 0) is 12.3 Å². The van der Waals surface area contributed by atoms with Gasteiger partial charge in [0.25, 0.3) is 0 Å². The van der Waals surface area contributed by atoms with Gasteiger partial charge in [-0.15, -0.1) is 0 Å². The van der Waals surface area contributed by atoms with Crippen molar-refractivity contribution in [2.24, 2.45) is 11.8 Å². The molecule has 1 heterocycles. The first kappa shape index (κ1) is 16.6. The number of hydrogen-bond acceptors (Lipinski definition) is 4. The third kappa shape index (κ3) is 4.93. The molecule has 1 fully saturated rings. The van der Waals surface area contributed by atoms with Crippen LogP contribution in [0.1, 0.15) is 19.8 Å². The van der Waals surface area contributed by atoms with Gasteiger partial charge >= 0.3 is 5.97 Å². The number of amides is 1. The van der Waals surface area contributed by atoms with Crippen LogP contribution in [0.15, 0.2) is 12.2 Å². The summed E-state index contributed by atoms with van der Waals surface area (Å²) in [6, 6.07) is -0.708. The Morgan fingerprint density at radius 3 is 2.65 bits per heavy atom. The van der Waals surface area contributed by atoms with Crippen molar-refractivity contribution < 1.29 is 23.1 Å². The highest BCUT2D eigenvalue weighted by molar-refractivity contribution is 7.88. The monoisotopic (exact) mass is 304 g/mol. The summed E-state index contributed by atoms with van der Waals surface area (Å²) in [6.45, 7) is 2.41. The minimum atomic E-state index is -3.50. The van der Waals surface area contributed by atoms with Crippen LogP contribution >= 0.6 is 0 Å². The van der Waals surface area contributed by atoms with Crippen LogP contribution in [0.25, 0.3) is 0 Å². The first-order valence-electron chi connectivity index (χ1n) is 6.40. The molecule has 0 aromatic carbocycles. The average Bonchev–Trinajstić information content (AvgIpc) is 2.71. The average molecular weight is 304 g/mol. The van der Waals surface area contributed by atoms with Gasteiger partial charge in [-0.3, -0.25) is 4.79 Å². The smallest absolute Gasteiger partial charge is 0.328 e. The van der Waals surface area contributed by atoms with Crippen LogP contribution in [-0.2, 0) is 19.6 Å². The molecule has 1 saturated heterocycles. The molecular formula is C12H20N2O5S. The Balaban J connectivity index is 2.98. The van der Waals surface area contributed by atoms with Gasteiger partial charge in [-0.1, -0.05) is 19.4 Å². The second kappa shape index (κ2) is 6.85. The van der Waals surface area contributed by atoms with Gasteiger partial charge < -0.3 is 10.4 Å². The van der Waals surface area contributed by atoms with Gasteiger partial charge in [0.15, 0.2) is 0 Å². The number of hydrogen-bond donors (Lipinski definition) is 3. The summed E-state index contributed by atoms with van der Waals surface area (Å²) in [5.74, 6) is -1.85. The number of carboxylic acids is 1. The Bertz CT molecular complexity index is 500. The van der Waals surface area contributed by atoms with E-state index in [1.165, 1.54) is 6.08 Å². The van der Waals surface area contributed by atoms with Crippen LogP contribution in [0.3, 0.4) is 0 Å². The molecule has 0 aliphatic carbocycles. The highest BCUT2D eigenvalue weighted by Crippen LogP contribution is 2.27. The summed E-state index contributed by atoms with van der Waals surface area (Å²) in [6.07, 6.45) is 4.40. The number of aliphatic carboxylic acids is 1. The third-order valence-corrected chi connectivity index (χ3v) is 4.04. The highest BCUT2D eigenvalue weighted by atomic mass is 32.2. The fourth-order valence-corrected chi connectivity index (χ4v) is 3.26. The number of sulfonamides is 1. The van der Waals surface area contributed by atoms with E-state index in [0.717, 1.165) is 12.3 Å². The van der Waals surface area contributed by atoms with Gasteiger partial charge in [-0.25, -0.2) is 17.9 Å². The molecule has 114 valence electrons. The van der Waals surface area contributed by atoms with E-state index in [9.17, 15) is 18.0 Å². The lowest BCUT2D eigenvalue weighted by atomic mass is 9.83. The quantitative estimate of drug-likeness (QED) is 0.559. The zero-order valence-corrected chi connectivity index (χ0v) is 12.3. The largest absolute Gasteiger partial charge is 0.478 e. The van der Waals surface area contributed by atoms with Crippen molar-refractivity contribution in [3.8, 4) is 0 Å². The molecule has 1 aliphatic rings. The number of carbonyl (C=O) groups excluding carboxylic acids is 1. The van der Waals surface area contributed by atoms with E-state index in [0.29, 0.717) is 19.4 Å². The summed E-state index contributed by atoms with van der Waals surface area (Å²) in [5, 5.41) is 11.4. The second-order valence-electron chi connectivity index (χ2n) is 4.87. The van der Waals surface area contributed by atoms with Crippen molar-refractivity contribution in [3.05, 3.63) is 12.2 Å². The van der Waals surface area contributed by atoms with Gasteiger partial charge in [0.1, 0.15) is 0 Å². The fourth-order valence-electron chi connectivity index (χ4n) is 2.51. The van der Waals surface area contributed by atoms with Crippen molar-refractivity contribution in [1.29, 1.82) is 0 Å². The minimum Gasteiger partial charge on any atom is -0.478 e.